The number of imidazole rings is 1. The Morgan fingerprint density at radius 2 is 2.06 bits per heavy atom. The van der Waals surface area contributed by atoms with E-state index in [0.717, 1.165) is 34.9 Å². The monoisotopic (exact) mass is 464 g/mol. The Balaban J connectivity index is 1.76. The molecule has 4 aromatic rings. The van der Waals surface area contributed by atoms with Crippen LogP contribution in [-0.2, 0) is 4.79 Å². The number of hydrogen-bond donors (Lipinski definition) is 3. The Morgan fingerprint density at radius 3 is 2.78 bits per heavy atom. The van der Waals surface area contributed by atoms with E-state index in [2.05, 4.69) is 9.97 Å². The van der Waals surface area contributed by atoms with Crippen LogP contribution in [0.25, 0.3) is 16.8 Å². The molecular formula is C21H15ClF3N5O2. The number of anilines is 2. The number of carbonyl (C=O) groups excluding carboxylic acids is 1. The topological polar surface area (TPSA) is 106 Å². The van der Waals surface area contributed by atoms with Crippen molar-refractivity contribution in [2.24, 2.45) is 0 Å². The van der Waals surface area contributed by atoms with Crippen LogP contribution in [0.3, 0.4) is 0 Å². The predicted octanol–water partition coefficient (Wildman–Crippen LogP) is 4.03. The third-order valence-corrected chi connectivity index (χ3v) is 4.92. The van der Waals surface area contributed by atoms with Crippen molar-refractivity contribution in [1.29, 1.82) is 0 Å². The second-order valence-electron chi connectivity index (χ2n) is 6.67. The highest BCUT2D eigenvalue weighted by molar-refractivity contribution is 6.29. The van der Waals surface area contributed by atoms with E-state index < -0.39 is 53.4 Å². The molecule has 164 valence electrons. The van der Waals surface area contributed by atoms with Gasteiger partial charge in [-0.25, -0.2) is 23.1 Å². The Hall–Kier alpha value is -3.63. The normalized spacial score (nSPS) is 14.0. The van der Waals surface area contributed by atoms with Crippen LogP contribution in [0, 0.1) is 24.3 Å². The van der Waals surface area contributed by atoms with Crippen LogP contribution in [0.1, 0.15) is 21.6 Å². The summed E-state index contributed by atoms with van der Waals surface area (Å²) < 4.78 is 67.4. The van der Waals surface area contributed by atoms with E-state index in [9.17, 15) is 18.7 Å². The van der Waals surface area contributed by atoms with Gasteiger partial charge in [0.05, 0.1) is 11.9 Å². The molecule has 0 spiro atoms. The molecular weight excluding hydrogens is 447 g/mol. The number of aliphatic hydroxyl groups is 1. The quantitative estimate of drug-likeness (QED) is 0.423. The van der Waals surface area contributed by atoms with Gasteiger partial charge in [-0.1, -0.05) is 23.7 Å². The molecule has 1 amide bonds. The van der Waals surface area contributed by atoms with Crippen molar-refractivity contribution in [3.8, 4) is 11.3 Å². The number of aryl methyl sites for hydroxylation is 1. The number of nitrogens with one attached hydrogen (secondary N) is 1. The van der Waals surface area contributed by atoms with Crippen LogP contribution < -0.4 is 11.1 Å². The average molecular weight is 465 g/mol. The zero-order valence-corrected chi connectivity index (χ0v) is 16.7. The molecule has 11 heteroatoms. The summed E-state index contributed by atoms with van der Waals surface area (Å²) in [6, 6.07) is 6.59. The predicted molar refractivity (Wildman–Crippen MR) is 112 cm³/mol. The first-order valence-electron chi connectivity index (χ1n) is 10.5. The number of amides is 1. The number of aromatic nitrogens is 3. The number of nitrogens with two attached hydrogens (primary N) is 1. The van der Waals surface area contributed by atoms with Gasteiger partial charge >= 0.3 is 0 Å². The summed E-state index contributed by atoms with van der Waals surface area (Å²) in [5, 5.41) is 12.0. The van der Waals surface area contributed by atoms with Crippen LogP contribution in [0.4, 0.5) is 24.7 Å². The maximum atomic E-state index is 15.1. The largest absolute Gasteiger partial charge is 0.382 e. The summed E-state index contributed by atoms with van der Waals surface area (Å²) in [5.41, 5.74) is 4.17. The van der Waals surface area contributed by atoms with Crippen molar-refractivity contribution in [3.05, 3.63) is 76.6 Å². The lowest BCUT2D eigenvalue weighted by molar-refractivity contribution is -0.124. The Morgan fingerprint density at radius 1 is 1.28 bits per heavy atom. The number of carbonyl (C=O) groups is 1. The number of rotatable bonds is 4. The van der Waals surface area contributed by atoms with Crippen molar-refractivity contribution >= 4 is 34.5 Å². The Bertz CT molecular complexity index is 1480. The lowest BCUT2D eigenvalue weighted by Crippen LogP contribution is -2.21. The zero-order chi connectivity index (χ0) is 25.7. The van der Waals surface area contributed by atoms with Gasteiger partial charge < -0.3 is 16.2 Å². The fourth-order valence-electron chi connectivity index (χ4n) is 3.15. The van der Waals surface area contributed by atoms with Gasteiger partial charge in [-0.15, -0.1) is 0 Å². The van der Waals surface area contributed by atoms with Gasteiger partial charge in [-0.2, -0.15) is 0 Å². The molecule has 0 radical (unpaired) electrons. The summed E-state index contributed by atoms with van der Waals surface area (Å²) in [7, 11) is 0. The lowest BCUT2D eigenvalue weighted by atomic mass is 10.1. The fraction of sp³-hybridized carbons (Fsp3) is 0.0952. The van der Waals surface area contributed by atoms with Crippen LogP contribution in [0.5, 0.6) is 0 Å². The second kappa shape index (κ2) is 8.13. The molecule has 0 saturated carbocycles. The minimum absolute atomic E-state index is 0.0958. The van der Waals surface area contributed by atoms with Crippen molar-refractivity contribution in [3.63, 3.8) is 0 Å². The van der Waals surface area contributed by atoms with Gasteiger partial charge in [0.15, 0.2) is 17.7 Å². The van der Waals surface area contributed by atoms with Crippen molar-refractivity contribution in [1.82, 2.24) is 14.4 Å². The minimum atomic E-state index is -2.78. The van der Waals surface area contributed by atoms with E-state index in [4.69, 9.17) is 21.4 Å². The molecule has 0 aliphatic heterocycles. The summed E-state index contributed by atoms with van der Waals surface area (Å²) in [6.07, 6.45) is -0.774. The molecule has 4 rings (SSSR count). The van der Waals surface area contributed by atoms with Crippen LogP contribution >= 0.6 is 11.6 Å². The van der Waals surface area contributed by atoms with E-state index in [1.165, 1.54) is 12.1 Å². The van der Waals surface area contributed by atoms with Gasteiger partial charge in [0.2, 0.25) is 0 Å². The fourth-order valence-corrected chi connectivity index (χ4v) is 3.37. The van der Waals surface area contributed by atoms with Gasteiger partial charge in [0, 0.05) is 9.68 Å². The first kappa shape index (κ1) is 18.0. The van der Waals surface area contributed by atoms with Crippen LogP contribution in [0.15, 0.2) is 42.6 Å². The van der Waals surface area contributed by atoms with Gasteiger partial charge in [0.25, 0.3) is 5.91 Å². The molecule has 1 atom stereocenters. The van der Waals surface area contributed by atoms with Gasteiger partial charge in [-0.3, -0.25) is 9.20 Å². The highest BCUT2D eigenvalue weighted by Crippen LogP contribution is 2.34. The first-order chi connectivity index (χ1) is 16.4. The molecule has 0 saturated heterocycles. The maximum Gasteiger partial charge on any atom is 0.257 e. The Labute approximate surface area is 188 Å². The smallest absolute Gasteiger partial charge is 0.257 e. The van der Waals surface area contributed by atoms with Crippen molar-refractivity contribution in [2.75, 3.05) is 11.1 Å². The van der Waals surface area contributed by atoms with E-state index in [1.807, 2.05) is 5.32 Å². The summed E-state index contributed by atoms with van der Waals surface area (Å²) in [5.74, 6) is -5.63. The molecule has 2 aromatic heterocycles. The minimum Gasteiger partial charge on any atom is -0.382 e. The molecule has 7 nitrogen and oxygen atoms in total. The highest BCUT2D eigenvalue weighted by Gasteiger charge is 2.24. The second-order valence-corrected chi connectivity index (χ2v) is 7.06. The molecule has 0 aliphatic carbocycles. The van der Waals surface area contributed by atoms with Crippen molar-refractivity contribution in [2.45, 2.75) is 13.0 Å². The van der Waals surface area contributed by atoms with Crippen LogP contribution in [-0.4, -0.2) is 25.4 Å². The molecule has 2 heterocycles. The first-order valence-corrected chi connectivity index (χ1v) is 9.33. The number of fused-ring (bicyclic) bond motifs is 1. The number of aliphatic hydroxyl groups excluding tert-OH is 1. The maximum absolute atomic E-state index is 15.1. The number of nitrogens with zero attached hydrogens (tertiary/aromatic N) is 3. The van der Waals surface area contributed by atoms with Gasteiger partial charge in [-0.05, 0) is 36.7 Å². The average Bonchev–Trinajstić information content (AvgIpc) is 3.21. The number of halogens is 4. The molecule has 2 aromatic carbocycles. The van der Waals surface area contributed by atoms with E-state index in [0.29, 0.717) is 0 Å². The van der Waals surface area contributed by atoms with Crippen LogP contribution in [0.2, 0.25) is 5.15 Å². The summed E-state index contributed by atoms with van der Waals surface area (Å²) >= 11 is 6.08. The Kier molecular flexibility index (Phi) is 4.57. The summed E-state index contributed by atoms with van der Waals surface area (Å²) in [4.78, 5) is 20.1. The summed E-state index contributed by atoms with van der Waals surface area (Å²) in [6.45, 7) is -2.78. The van der Waals surface area contributed by atoms with E-state index in [1.54, 1.807) is 0 Å². The molecule has 32 heavy (non-hydrogen) atoms. The lowest BCUT2D eigenvalue weighted by Gasteiger charge is -2.13. The molecule has 0 fully saturated rings. The number of nitrogen functional groups attached to an aromatic ring is 1. The standard InChI is InChI=1S/C21H15ClF3N5O2/c1-9-28-17(18-20(26)27-8-14(22)30(9)18)12-5-6-13(16(25)15(12)24)29-21(32)19(31)10-3-2-4-11(23)7-10/h2-8,19,31H,1H3,(H2,26,27)(H,29,32)/t19-/m1/s1/i1D3. The molecule has 0 aliphatic rings. The molecule has 4 N–H and O–H groups in total. The molecule has 0 unspecified atom stereocenters. The zero-order valence-electron chi connectivity index (χ0n) is 18.9. The third kappa shape index (κ3) is 3.63. The van der Waals surface area contributed by atoms with E-state index in [-0.39, 0.29) is 27.7 Å². The van der Waals surface area contributed by atoms with E-state index >= 15 is 4.39 Å². The highest BCUT2D eigenvalue weighted by atomic mass is 35.5. The van der Waals surface area contributed by atoms with Crippen molar-refractivity contribution < 1.29 is 27.2 Å². The molecule has 0 bridgehead atoms. The van der Waals surface area contributed by atoms with Gasteiger partial charge in [0.1, 0.15) is 33.8 Å². The number of hydrogen-bond acceptors (Lipinski definition) is 5. The number of benzene rings is 2. The third-order valence-electron chi connectivity index (χ3n) is 4.65. The SMILES string of the molecule is [2H]C([2H])([2H])c1nc(-c2ccc(NC(=O)[C@H](O)c3cccc(F)c3)c(F)c2F)c2c(N)ncc(Cl)n12.